The molecular formula is C15H27N3O. The minimum atomic E-state index is 0.406. The number of rotatable bonds is 8. The van der Waals surface area contributed by atoms with Gasteiger partial charge in [0.1, 0.15) is 0 Å². The number of aryl methyl sites for hydroxylation is 1. The van der Waals surface area contributed by atoms with E-state index in [1.807, 2.05) is 6.20 Å². The second-order valence-electron chi connectivity index (χ2n) is 5.30. The number of hydrogen-bond donors (Lipinski definition) is 1. The summed E-state index contributed by atoms with van der Waals surface area (Å²) in [6.07, 6.45) is 8.25. The zero-order chi connectivity index (χ0) is 13.5. The van der Waals surface area contributed by atoms with Gasteiger partial charge >= 0.3 is 0 Å². The van der Waals surface area contributed by atoms with E-state index in [-0.39, 0.29) is 0 Å². The van der Waals surface area contributed by atoms with Gasteiger partial charge in [-0.25, -0.2) is 0 Å². The van der Waals surface area contributed by atoms with Gasteiger partial charge in [-0.3, -0.25) is 4.68 Å². The molecule has 4 heteroatoms. The maximum absolute atomic E-state index is 5.73. The van der Waals surface area contributed by atoms with Crippen LogP contribution < -0.4 is 5.32 Å². The van der Waals surface area contributed by atoms with E-state index < -0.39 is 0 Å². The van der Waals surface area contributed by atoms with E-state index in [0.717, 1.165) is 39.0 Å². The average molecular weight is 265 g/mol. The Morgan fingerprint density at radius 1 is 1.53 bits per heavy atom. The molecule has 2 atom stereocenters. The monoisotopic (exact) mass is 265 g/mol. The van der Waals surface area contributed by atoms with Crippen LogP contribution >= 0.6 is 0 Å². The van der Waals surface area contributed by atoms with Crippen molar-refractivity contribution in [3.8, 4) is 0 Å². The zero-order valence-corrected chi connectivity index (χ0v) is 12.3. The Morgan fingerprint density at radius 3 is 3.11 bits per heavy atom. The lowest BCUT2D eigenvalue weighted by molar-refractivity contribution is 0.0993. The van der Waals surface area contributed by atoms with Crippen molar-refractivity contribution in [1.29, 1.82) is 0 Å². The molecule has 0 saturated carbocycles. The first-order valence-corrected chi connectivity index (χ1v) is 7.71. The Labute approximate surface area is 116 Å². The van der Waals surface area contributed by atoms with E-state index in [1.165, 1.54) is 18.5 Å². The molecule has 1 N–H and O–H groups in total. The second-order valence-corrected chi connectivity index (χ2v) is 5.30. The smallest absolute Gasteiger partial charge is 0.0576 e. The third-order valence-electron chi connectivity index (χ3n) is 3.79. The Bertz CT molecular complexity index is 358. The van der Waals surface area contributed by atoms with Gasteiger partial charge in [-0.2, -0.15) is 5.10 Å². The molecule has 1 aliphatic rings. The van der Waals surface area contributed by atoms with E-state index in [9.17, 15) is 0 Å². The van der Waals surface area contributed by atoms with Gasteiger partial charge in [0.15, 0.2) is 0 Å². The van der Waals surface area contributed by atoms with Crippen molar-refractivity contribution < 1.29 is 4.74 Å². The van der Waals surface area contributed by atoms with E-state index in [4.69, 9.17) is 4.74 Å². The second kappa shape index (κ2) is 7.65. The van der Waals surface area contributed by atoms with E-state index in [1.54, 1.807) is 0 Å². The molecule has 4 nitrogen and oxygen atoms in total. The molecule has 0 radical (unpaired) electrons. The number of nitrogens with one attached hydrogen (secondary N) is 1. The van der Waals surface area contributed by atoms with Gasteiger partial charge in [0.25, 0.3) is 0 Å². The van der Waals surface area contributed by atoms with Crippen molar-refractivity contribution >= 4 is 0 Å². The summed E-state index contributed by atoms with van der Waals surface area (Å²) in [6.45, 7) is 7.31. The molecule has 1 saturated heterocycles. The third kappa shape index (κ3) is 4.05. The minimum absolute atomic E-state index is 0.406. The summed E-state index contributed by atoms with van der Waals surface area (Å²) in [6, 6.07) is 2.56. The van der Waals surface area contributed by atoms with Crippen LogP contribution in [0.25, 0.3) is 0 Å². The van der Waals surface area contributed by atoms with Crippen LogP contribution in [0.1, 0.15) is 57.7 Å². The lowest BCUT2D eigenvalue weighted by atomic mass is 10.0. The fraction of sp³-hybridized carbons (Fsp3) is 0.800. The lowest BCUT2D eigenvalue weighted by Crippen LogP contribution is -2.25. The topological polar surface area (TPSA) is 39.1 Å². The summed E-state index contributed by atoms with van der Waals surface area (Å²) in [5.74, 6) is 0. The molecular weight excluding hydrogens is 238 g/mol. The van der Waals surface area contributed by atoms with Crippen molar-refractivity contribution in [3.63, 3.8) is 0 Å². The maximum atomic E-state index is 5.73. The summed E-state index contributed by atoms with van der Waals surface area (Å²) in [4.78, 5) is 0. The van der Waals surface area contributed by atoms with Gasteiger partial charge in [0.05, 0.1) is 11.8 Å². The Morgan fingerprint density at radius 2 is 2.42 bits per heavy atom. The molecule has 2 heterocycles. The lowest BCUT2D eigenvalue weighted by Gasteiger charge is -2.21. The van der Waals surface area contributed by atoms with Gasteiger partial charge in [-0.15, -0.1) is 0 Å². The fourth-order valence-electron chi connectivity index (χ4n) is 2.86. The molecule has 0 spiro atoms. The van der Waals surface area contributed by atoms with E-state index in [0.29, 0.717) is 12.1 Å². The van der Waals surface area contributed by atoms with Gasteiger partial charge in [0, 0.05) is 25.4 Å². The minimum Gasteiger partial charge on any atom is -0.378 e. The highest BCUT2D eigenvalue weighted by molar-refractivity contribution is 5.07. The van der Waals surface area contributed by atoms with Crippen LogP contribution in [0.15, 0.2) is 12.3 Å². The van der Waals surface area contributed by atoms with Crippen molar-refractivity contribution in [2.75, 3.05) is 13.2 Å². The van der Waals surface area contributed by atoms with E-state index in [2.05, 4.69) is 35.0 Å². The molecule has 1 aromatic heterocycles. The van der Waals surface area contributed by atoms with Gasteiger partial charge in [0.2, 0.25) is 0 Å². The Hall–Kier alpha value is -0.870. The predicted octanol–water partition coefficient (Wildman–Crippen LogP) is 2.90. The molecule has 1 aromatic rings. The summed E-state index contributed by atoms with van der Waals surface area (Å²) in [7, 11) is 0. The van der Waals surface area contributed by atoms with Crippen LogP contribution in [0.2, 0.25) is 0 Å². The molecule has 2 unspecified atom stereocenters. The Balaban J connectivity index is 1.95. The molecule has 108 valence electrons. The first-order valence-electron chi connectivity index (χ1n) is 7.71. The number of hydrogen-bond acceptors (Lipinski definition) is 3. The van der Waals surface area contributed by atoms with Crippen molar-refractivity contribution in [2.45, 2.75) is 64.6 Å². The SMILES string of the molecule is CCCn1nccc1C(CCC1CCCO1)NCC. The molecule has 0 aliphatic carbocycles. The highest BCUT2D eigenvalue weighted by atomic mass is 16.5. The zero-order valence-electron chi connectivity index (χ0n) is 12.3. The van der Waals surface area contributed by atoms with Crippen LogP contribution in [-0.2, 0) is 11.3 Å². The fourth-order valence-corrected chi connectivity index (χ4v) is 2.86. The van der Waals surface area contributed by atoms with Crippen molar-refractivity contribution in [1.82, 2.24) is 15.1 Å². The highest BCUT2D eigenvalue weighted by Crippen LogP contribution is 2.24. The molecule has 0 aromatic carbocycles. The van der Waals surface area contributed by atoms with Crippen molar-refractivity contribution in [3.05, 3.63) is 18.0 Å². The quantitative estimate of drug-likeness (QED) is 0.785. The van der Waals surface area contributed by atoms with Crippen LogP contribution in [-0.4, -0.2) is 29.0 Å². The predicted molar refractivity (Wildman–Crippen MR) is 77.1 cm³/mol. The Kier molecular flexibility index (Phi) is 5.86. The van der Waals surface area contributed by atoms with Gasteiger partial charge in [-0.05, 0) is 44.7 Å². The highest BCUT2D eigenvalue weighted by Gasteiger charge is 2.20. The summed E-state index contributed by atoms with van der Waals surface area (Å²) < 4.78 is 7.87. The summed E-state index contributed by atoms with van der Waals surface area (Å²) >= 11 is 0. The first kappa shape index (κ1) is 14.5. The van der Waals surface area contributed by atoms with Gasteiger partial charge in [-0.1, -0.05) is 13.8 Å². The number of aromatic nitrogens is 2. The summed E-state index contributed by atoms with van der Waals surface area (Å²) in [5.41, 5.74) is 1.32. The standard InChI is InChI=1S/C15H27N3O/c1-3-11-18-15(9-10-17-18)14(16-4-2)8-7-13-6-5-12-19-13/h9-10,13-14,16H,3-8,11-12H2,1-2H3. The van der Waals surface area contributed by atoms with Crippen molar-refractivity contribution in [2.24, 2.45) is 0 Å². The van der Waals surface area contributed by atoms with Crippen LogP contribution in [0, 0.1) is 0 Å². The average Bonchev–Trinajstić information content (AvgIpc) is 3.06. The van der Waals surface area contributed by atoms with E-state index >= 15 is 0 Å². The first-order chi connectivity index (χ1) is 9.35. The third-order valence-corrected chi connectivity index (χ3v) is 3.79. The molecule has 0 amide bonds. The maximum Gasteiger partial charge on any atom is 0.0576 e. The molecule has 19 heavy (non-hydrogen) atoms. The van der Waals surface area contributed by atoms with Gasteiger partial charge < -0.3 is 10.1 Å². The van der Waals surface area contributed by atoms with Crippen LogP contribution in [0.3, 0.4) is 0 Å². The number of ether oxygens (including phenoxy) is 1. The summed E-state index contributed by atoms with van der Waals surface area (Å²) in [5, 5.41) is 8.03. The molecule has 1 fully saturated rings. The van der Waals surface area contributed by atoms with Crippen LogP contribution in [0.5, 0.6) is 0 Å². The molecule has 0 bridgehead atoms. The number of nitrogens with zero attached hydrogens (tertiary/aromatic N) is 2. The normalized spacial score (nSPS) is 20.8. The molecule has 2 rings (SSSR count). The largest absolute Gasteiger partial charge is 0.378 e. The molecule has 1 aliphatic heterocycles. The van der Waals surface area contributed by atoms with Crippen LogP contribution in [0.4, 0.5) is 0 Å².